The Morgan fingerprint density at radius 3 is 2.46 bits per heavy atom. The summed E-state index contributed by atoms with van der Waals surface area (Å²) in [6.45, 7) is 1.43. The Hall–Kier alpha value is -3.12. The standard InChI is InChI=1S/C22H26N4O2/c1-27-17-3-5-21-19(11-17)15(13-24-21)8-10-25-26-14-16(7-9-23)20-12-18(28-2)4-6-22(20)26/h3-6,11-14,24-25H,7-10,23H2,1-2H3. The van der Waals surface area contributed by atoms with Crippen LogP contribution in [-0.2, 0) is 12.8 Å². The van der Waals surface area contributed by atoms with Gasteiger partial charge in [-0.05, 0) is 66.9 Å². The van der Waals surface area contributed by atoms with Crippen LogP contribution >= 0.6 is 0 Å². The molecule has 28 heavy (non-hydrogen) atoms. The van der Waals surface area contributed by atoms with Crippen LogP contribution in [0.1, 0.15) is 11.1 Å². The average Bonchev–Trinajstić information content (AvgIpc) is 3.29. The van der Waals surface area contributed by atoms with Crippen LogP contribution in [0.5, 0.6) is 11.5 Å². The Morgan fingerprint density at radius 2 is 1.71 bits per heavy atom. The van der Waals surface area contributed by atoms with Gasteiger partial charge in [0.25, 0.3) is 0 Å². The second-order valence-electron chi connectivity index (χ2n) is 6.83. The van der Waals surface area contributed by atoms with E-state index in [1.165, 1.54) is 21.9 Å². The van der Waals surface area contributed by atoms with Crippen LogP contribution in [0.25, 0.3) is 21.8 Å². The number of nitrogens with zero attached hydrogens (tertiary/aromatic N) is 1. The highest BCUT2D eigenvalue weighted by Crippen LogP contribution is 2.26. The summed E-state index contributed by atoms with van der Waals surface area (Å²) in [4.78, 5) is 3.33. The Kier molecular flexibility index (Phi) is 5.12. The van der Waals surface area contributed by atoms with E-state index in [1.807, 2.05) is 12.1 Å². The second-order valence-corrected chi connectivity index (χ2v) is 6.83. The van der Waals surface area contributed by atoms with Crippen LogP contribution in [0, 0.1) is 0 Å². The largest absolute Gasteiger partial charge is 0.497 e. The minimum atomic E-state index is 0.619. The summed E-state index contributed by atoms with van der Waals surface area (Å²) < 4.78 is 12.8. The predicted molar refractivity (Wildman–Crippen MR) is 114 cm³/mol. The van der Waals surface area contributed by atoms with E-state index in [-0.39, 0.29) is 0 Å². The summed E-state index contributed by atoms with van der Waals surface area (Å²) in [7, 11) is 3.38. The van der Waals surface area contributed by atoms with E-state index in [1.54, 1.807) is 14.2 Å². The maximum Gasteiger partial charge on any atom is 0.119 e. The molecule has 0 aliphatic rings. The van der Waals surface area contributed by atoms with Crippen molar-refractivity contribution >= 4 is 21.8 Å². The molecule has 0 unspecified atom stereocenters. The molecule has 4 rings (SSSR count). The third-order valence-corrected chi connectivity index (χ3v) is 5.16. The third-order valence-electron chi connectivity index (χ3n) is 5.16. The van der Waals surface area contributed by atoms with Crippen molar-refractivity contribution in [2.75, 3.05) is 32.7 Å². The van der Waals surface area contributed by atoms with Gasteiger partial charge in [-0.15, -0.1) is 0 Å². The number of hydrogen-bond acceptors (Lipinski definition) is 4. The van der Waals surface area contributed by atoms with Gasteiger partial charge in [0.05, 0.1) is 19.7 Å². The van der Waals surface area contributed by atoms with Gasteiger partial charge in [0.15, 0.2) is 0 Å². The number of aromatic nitrogens is 2. The number of methoxy groups -OCH3 is 2. The van der Waals surface area contributed by atoms with Gasteiger partial charge in [0, 0.05) is 35.2 Å². The van der Waals surface area contributed by atoms with Crippen LogP contribution in [0.2, 0.25) is 0 Å². The molecule has 0 radical (unpaired) electrons. The van der Waals surface area contributed by atoms with Crippen molar-refractivity contribution in [1.82, 2.24) is 9.66 Å². The van der Waals surface area contributed by atoms with E-state index in [0.717, 1.165) is 41.9 Å². The Morgan fingerprint density at radius 1 is 0.964 bits per heavy atom. The normalized spacial score (nSPS) is 11.2. The van der Waals surface area contributed by atoms with Crippen LogP contribution in [0.4, 0.5) is 0 Å². The Balaban J connectivity index is 1.54. The molecular weight excluding hydrogens is 352 g/mol. The lowest BCUT2D eigenvalue weighted by molar-refractivity contribution is 0.415. The highest BCUT2D eigenvalue weighted by molar-refractivity contribution is 5.86. The summed E-state index contributed by atoms with van der Waals surface area (Å²) in [5, 5.41) is 2.38. The SMILES string of the molecule is COc1ccc2[nH]cc(CCNn3cc(CCN)c4cc(OC)ccc43)c2c1. The fourth-order valence-electron chi connectivity index (χ4n) is 3.69. The minimum absolute atomic E-state index is 0.619. The molecule has 0 aliphatic heterocycles. The summed E-state index contributed by atoms with van der Waals surface area (Å²) in [6.07, 6.45) is 5.94. The van der Waals surface area contributed by atoms with Crippen LogP contribution in [-0.4, -0.2) is 37.0 Å². The van der Waals surface area contributed by atoms with Gasteiger partial charge < -0.3 is 25.6 Å². The molecule has 6 nitrogen and oxygen atoms in total. The van der Waals surface area contributed by atoms with Crippen molar-refractivity contribution in [2.45, 2.75) is 12.8 Å². The topological polar surface area (TPSA) is 77.2 Å². The number of ether oxygens (including phenoxy) is 2. The first-order chi connectivity index (χ1) is 13.7. The molecule has 2 aromatic carbocycles. The first-order valence-corrected chi connectivity index (χ1v) is 9.49. The van der Waals surface area contributed by atoms with Crippen molar-refractivity contribution in [3.05, 3.63) is 59.9 Å². The fourth-order valence-corrected chi connectivity index (χ4v) is 3.69. The van der Waals surface area contributed by atoms with Crippen molar-refractivity contribution < 1.29 is 9.47 Å². The van der Waals surface area contributed by atoms with E-state index in [2.05, 4.69) is 51.7 Å². The van der Waals surface area contributed by atoms with Crippen molar-refractivity contribution in [1.29, 1.82) is 0 Å². The van der Waals surface area contributed by atoms with E-state index in [4.69, 9.17) is 15.2 Å². The molecule has 0 bridgehead atoms. The molecule has 0 fully saturated rings. The van der Waals surface area contributed by atoms with Crippen molar-refractivity contribution in [2.24, 2.45) is 5.73 Å². The fraction of sp³-hybridized carbons (Fsp3) is 0.273. The van der Waals surface area contributed by atoms with Gasteiger partial charge in [-0.2, -0.15) is 0 Å². The quantitative estimate of drug-likeness (QED) is 0.439. The molecule has 0 saturated heterocycles. The Bertz CT molecular complexity index is 1100. The lowest BCUT2D eigenvalue weighted by Gasteiger charge is -2.09. The molecule has 4 aromatic rings. The number of nitrogens with one attached hydrogen (secondary N) is 2. The van der Waals surface area contributed by atoms with Gasteiger partial charge in [0.1, 0.15) is 11.5 Å². The van der Waals surface area contributed by atoms with E-state index in [0.29, 0.717) is 6.54 Å². The number of fused-ring (bicyclic) bond motifs is 2. The van der Waals surface area contributed by atoms with Gasteiger partial charge in [0.2, 0.25) is 0 Å². The number of hydrogen-bond donors (Lipinski definition) is 3. The molecular formula is C22H26N4O2. The number of nitrogens with two attached hydrogens (primary N) is 1. The predicted octanol–water partition coefficient (Wildman–Crippen LogP) is 3.43. The number of benzene rings is 2. The zero-order valence-corrected chi connectivity index (χ0v) is 16.3. The average molecular weight is 378 g/mol. The van der Waals surface area contributed by atoms with E-state index in [9.17, 15) is 0 Å². The third kappa shape index (κ3) is 3.39. The Labute approximate surface area is 164 Å². The molecule has 2 aromatic heterocycles. The van der Waals surface area contributed by atoms with Gasteiger partial charge in [-0.3, -0.25) is 4.68 Å². The molecule has 0 saturated carbocycles. The molecule has 0 amide bonds. The molecule has 2 heterocycles. The molecule has 0 spiro atoms. The number of H-pyrrole nitrogens is 1. The van der Waals surface area contributed by atoms with Crippen LogP contribution in [0.15, 0.2) is 48.8 Å². The van der Waals surface area contributed by atoms with E-state index < -0.39 is 0 Å². The first-order valence-electron chi connectivity index (χ1n) is 9.49. The number of aromatic amines is 1. The lowest BCUT2D eigenvalue weighted by Crippen LogP contribution is -2.16. The minimum Gasteiger partial charge on any atom is -0.497 e. The van der Waals surface area contributed by atoms with Crippen molar-refractivity contribution in [3.63, 3.8) is 0 Å². The lowest BCUT2D eigenvalue weighted by atomic mass is 10.1. The molecule has 6 heteroatoms. The maximum atomic E-state index is 5.80. The molecule has 0 aliphatic carbocycles. The van der Waals surface area contributed by atoms with Crippen molar-refractivity contribution in [3.8, 4) is 11.5 Å². The monoisotopic (exact) mass is 378 g/mol. The van der Waals surface area contributed by atoms with Crippen LogP contribution < -0.4 is 20.6 Å². The second kappa shape index (κ2) is 7.86. The van der Waals surface area contributed by atoms with E-state index >= 15 is 0 Å². The molecule has 146 valence electrons. The molecule has 0 atom stereocenters. The summed E-state index contributed by atoms with van der Waals surface area (Å²) in [6, 6.07) is 12.2. The maximum absolute atomic E-state index is 5.80. The van der Waals surface area contributed by atoms with Gasteiger partial charge in [-0.25, -0.2) is 0 Å². The summed E-state index contributed by atoms with van der Waals surface area (Å²) in [5.74, 6) is 1.73. The highest BCUT2D eigenvalue weighted by atomic mass is 16.5. The summed E-state index contributed by atoms with van der Waals surface area (Å²) in [5.41, 5.74) is 14.1. The zero-order valence-electron chi connectivity index (χ0n) is 16.3. The van der Waals surface area contributed by atoms with Gasteiger partial charge >= 0.3 is 0 Å². The highest BCUT2D eigenvalue weighted by Gasteiger charge is 2.10. The number of rotatable bonds is 8. The molecule has 4 N–H and O–H groups in total. The smallest absolute Gasteiger partial charge is 0.119 e. The van der Waals surface area contributed by atoms with Gasteiger partial charge in [-0.1, -0.05) is 0 Å². The summed E-state index contributed by atoms with van der Waals surface area (Å²) >= 11 is 0. The van der Waals surface area contributed by atoms with Crippen LogP contribution in [0.3, 0.4) is 0 Å². The zero-order chi connectivity index (χ0) is 19.5. The first kappa shape index (κ1) is 18.3.